The first-order valence-electron chi connectivity index (χ1n) is 7.09. The molecule has 0 fully saturated rings. The largest absolute Gasteiger partial charge is 0.417 e. The van der Waals surface area contributed by atoms with Gasteiger partial charge < -0.3 is 9.73 Å². The highest BCUT2D eigenvalue weighted by Crippen LogP contribution is 2.20. The number of H-pyrrole nitrogens is 1. The summed E-state index contributed by atoms with van der Waals surface area (Å²) in [6.07, 6.45) is 0.393. The van der Waals surface area contributed by atoms with Gasteiger partial charge in [0.05, 0.1) is 5.52 Å². The molecule has 1 amide bonds. The Morgan fingerprint density at radius 2 is 2.00 bits per heavy atom. The smallest absolute Gasteiger partial charge is 0.408 e. The Bertz CT molecular complexity index is 849. The van der Waals surface area contributed by atoms with Crippen LogP contribution < -0.4 is 11.1 Å². The topological polar surface area (TPSA) is 75.1 Å². The van der Waals surface area contributed by atoms with Gasteiger partial charge in [-0.3, -0.25) is 9.78 Å². The zero-order valence-corrected chi connectivity index (χ0v) is 12.1. The fraction of sp³-hybridized carbons (Fsp3) is 0.176. The van der Waals surface area contributed by atoms with Gasteiger partial charge in [0.15, 0.2) is 5.58 Å². The van der Waals surface area contributed by atoms with E-state index in [1.54, 1.807) is 18.2 Å². The molecule has 1 atom stereocenters. The van der Waals surface area contributed by atoms with Crippen molar-refractivity contribution in [2.24, 2.45) is 0 Å². The lowest BCUT2D eigenvalue weighted by Gasteiger charge is -2.12. The Balaban J connectivity index is 1.69. The van der Waals surface area contributed by atoms with Crippen LogP contribution in [0.5, 0.6) is 0 Å². The standard InChI is InChI=1S/C17H16N2O3/c1-11(12-5-3-2-4-6-12)9-16(20)18-13-7-8-15-14(10-13)19-17(21)22-15/h2-8,10-11H,9H2,1H3,(H,18,20)(H,19,21). The molecule has 112 valence electrons. The van der Waals surface area contributed by atoms with Gasteiger partial charge in [-0.25, -0.2) is 4.79 Å². The summed E-state index contributed by atoms with van der Waals surface area (Å²) in [5.41, 5.74) is 2.81. The minimum Gasteiger partial charge on any atom is -0.408 e. The number of benzene rings is 2. The summed E-state index contributed by atoms with van der Waals surface area (Å²) in [6, 6.07) is 15.0. The average Bonchev–Trinajstić information content (AvgIpc) is 2.87. The molecule has 0 bridgehead atoms. The number of aromatic amines is 1. The lowest BCUT2D eigenvalue weighted by molar-refractivity contribution is -0.116. The first-order chi connectivity index (χ1) is 10.6. The van der Waals surface area contributed by atoms with E-state index in [0.717, 1.165) is 5.56 Å². The van der Waals surface area contributed by atoms with Crippen LogP contribution in [0.3, 0.4) is 0 Å². The Labute approximate surface area is 127 Å². The van der Waals surface area contributed by atoms with Crippen LogP contribution in [-0.4, -0.2) is 10.9 Å². The van der Waals surface area contributed by atoms with Gasteiger partial charge in [0.2, 0.25) is 5.91 Å². The van der Waals surface area contributed by atoms with E-state index in [-0.39, 0.29) is 11.8 Å². The van der Waals surface area contributed by atoms with Gasteiger partial charge in [0.25, 0.3) is 0 Å². The molecule has 5 heteroatoms. The monoisotopic (exact) mass is 296 g/mol. The molecule has 0 aliphatic carbocycles. The molecular weight excluding hydrogens is 280 g/mol. The second-order valence-electron chi connectivity index (χ2n) is 5.29. The molecule has 3 aromatic rings. The maximum atomic E-state index is 12.1. The molecule has 1 unspecified atom stereocenters. The molecule has 0 spiro atoms. The van der Waals surface area contributed by atoms with Crippen molar-refractivity contribution in [3.05, 3.63) is 64.6 Å². The predicted molar refractivity (Wildman–Crippen MR) is 84.9 cm³/mol. The van der Waals surface area contributed by atoms with Crippen molar-refractivity contribution in [2.75, 3.05) is 5.32 Å². The number of hydrogen-bond donors (Lipinski definition) is 2. The van der Waals surface area contributed by atoms with Crippen LogP contribution in [0, 0.1) is 0 Å². The Morgan fingerprint density at radius 1 is 1.23 bits per heavy atom. The Kier molecular flexibility index (Phi) is 3.78. The average molecular weight is 296 g/mol. The number of aromatic nitrogens is 1. The molecule has 1 heterocycles. The molecule has 5 nitrogen and oxygen atoms in total. The summed E-state index contributed by atoms with van der Waals surface area (Å²) in [5.74, 6) is -0.434. The fourth-order valence-corrected chi connectivity index (χ4v) is 2.42. The highest BCUT2D eigenvalue weighted by Gasteiger charge is 2.11. The molecule has 0 radical (unpaired) electrons. The SMILES string of the molecule is CC(CC(=O)Nc1ccc2oc(=O)[nH]c2c1)c1ccccc1. The van der Waals surface area contributed by atoms with Gasteiger partial charge in [-0.2, -0.15) is 0 Å². The highest BCUT2D eigenvalue weighted by atomic mass is 16.4. The van der Waals surface area contributed by atoms with E-state index in [4.69, 9.17) is 4.42 Å². The van der Waals surface area contributed by atoms with Crippen molar-refractivity contribution >= 4 is 22.7 Å². The van der Waals surface area contributed by atoms with Crippen molar-refractivity contribution in [3.8, 4) is 0 Å². The number of nitrogens with one attached hydrogen (secondary N) is 2. The Hall–Kier alpha value is -2.82. The second-order valence-corrected chi connectivity index (χ2v) is 5.29. The third-order valence-electron chi connectivity index (χ3n) is 3.56. The number of carbonyl (C=O) groups is 1. The lowest BCUT2D eigenvalue weighted by Crippen LogP contribution is -2.14. The third-order valence-corrected chi connectivity index (χ3v) is 3.56. The van der Waals surface area contributed by atoms with Crippen LogP contribution in [0.1, 0.15) is 24.8 Å². The van der Waals surface area contributed by atoms with Crippen LogP contribution in [0.25, 0.3) is 11.1 Å². The molecule has 0 saturated carbocycles. The summed E-state index contributed by atoms with van der Waals surface area (Å²) in [4.78, 5) is 25.8. The van der Waals surface area contributed by atoms with Crippen LogP contribution in [-0.2, 0) is 4.79 Å². The fourth-order valence-electron chi connectivity index (χ4n) is 2.42. The van der Waals surface area contributed by atoms with Crippen LogP contribution >= 0.6 is 0 Å². The molecule has 2 aromatic carbocycles. The maximum Gasteiger partial charge on any atom is 0.417 e. The van der Waals surface area contributed by atoms with Crippen molar-refractivity contribution in [3.63, 3.8) is 0 Å². The number of hydrogen-bond acceptors (Lipinski definition) is 3. The first kappa shape index (κ1) is 14.1. The first-order valence-corrected chi connectivity index (χ1v) is 7.09. The zero-order chi connectivity index (χ0) is 15.5. The maximum absolute atomic E-state index is 12.1. The van der Waals surface area contributed by atoms with E-state index in [1.165, 1.54) is 0 Å². The summed E-state index contributed by atoms with van der Waals surface area (Å²) >= 11 is 0. The highest BCUT2D eigenvalue weighted by molar-refractivity contribution is 5.93. The molecule has 3 rings (SSSR count). The predicted octanol–water partition coefficient (Wildman–Crippen LogP) is 3.25. The van der Waals surface area contributed by atoms with Gasteiger partial charge in [-0.1, -0.05) is 37.3 Å². The van der Waals surface area contributed by atoms with Crippen LogP contribution in [0.4, 0.5) is 5.69 Å². The van der Waals surface area contributed by atoms with Gasteiger partial charge >= 0.3 is 5.76 Å². The van der Waals surface area contributed by atoms with E-state index < -0.39 is 5.76 Å². The second kappa shape index (κ2) is 5.89. The normalized spacial score (nSPS) is 12.2. The van der Waals surface area contributed by atoms with Gasteiger partial charge in [-0.05, 0) is 29.7 Å². The number of fused-ring (bicyclic) bond motifs is 1. The number of amides is 1. The van der Waals surface area contributed by atoms with Gasteiger partial charge in [-0.15, -0.1) is 0 Å². The molecule has 2 N–H and O–H groups in total. The zero-order valence-electron chi connectivity index (χ0n) is 12.1. The van der Waals surface area contributed by atoms with Crippen LogP contribution in [0.15, 0.2) is 57.7 Å². The quantitative estimate of drug-likeness (QED) is 0.776. The van der Waals surface area contributed by atoms with E-state index in [1.807, 2.05) is 37.3 Å². The minimum atomic E-state index is -0.504. The number of oxazole rings is 1. The minimum absolute atomic E-state index is 0.0680. The Morgan fingerprint density at radius 3 is 2.77 bits per heavy atom. The molecule has 0 saturated heterocycles. The van der Waals surface area contributed by atoms with Gasteiger partial charge in [0.1, 0.15) is 0 Å². The lowest BCUT2D eigenvalue weighted by atomic mass is 9.97. The van der Waals surface area contributed by atoms with Crippen molar-refractivity contribution in [1.82, 2.24) is 4.98 Å². The van der Waals surface area contributed by atoms with Crippen molar-refractivity contribution < 1.29 is 9.21 Å². The van der Waals surface area contributed by atoms with Crippen LogP contribution in [0.2, 0.25) is 0 Å². The van der Waals surface area contributed by atoms with E-state index >= 15 is 0 Å². The number of rotatable bonds is 4. The molecular formula is C17H16N2O3. The van der Waals surface area contributed by atoms with E-state index in [0.29, 0.717) is 23.2 Å². The summed E-state index contributed by atoms with van der Waals surface area (Å²) in [5, 5.41) is 2.84. The van der Waals surface area contributed by atoms with Crippen molar-refractivity contribution in [2.45, 2.75) is 19.3 Å². The summed E-state index contributed by atoms with van der Waals surface area (Å²) in [6.45, 7) is 2.02. The van der Waals surface area contributed by atoms with Gasteiger partial charge in [0, 0.05) is 12.1 Å². The molecule has 0 aliphatic rings. The molecule has 0 aliphatic heterocycles. The number of anilines is 1. The van der Waals surface area contributed by atoms with E-state index in [9.17, 15) is 9.59 Å². The number of carbonyl (C=O) groups excluding carboxylic acids is 1. The summed E-state index contributed by atoms with van der Waals surface area (Å²) < 4.78 is 4.93. The third kappa shape index (κ3) is 3.09. The molecule has 1 aromatic heterocycles. The van der Waals surface area contributed by atoms with E-state index in [2.05, 4.69) is 10.3 Å². The van der Waals surface area contributed by atoms with Crippen molar-refractivity contribution in [1.29, 1.82) is 0 Å². The summed E-state index contributed by atoms with van der Waals surface area (Å²) in [7, 11) is 0. The molecule has 22 heavy (non-hydrogen) atoms.